The molecule has 0 bridgehead atoms. The van der Waals surface area contributed by atoms with Gasteiger partial charge >= 0.3 is 39.9 Å². The van der Waals surface area contributed by atoms with E-state index in [1.54, 1.807) is 0 Å². The third-order valence-corrected chi connectivity index (χ3v) is 4.42. The first-order chi connectivity index (χ1) is 9.50. The van der Waals surface area contributed by atoms with Crippen LogP contribution in [0.3, 0.4) is 0 Å². The van der Waals surface area contributed by atoms with Crippen molar-refractivity contribution < 1.29 is 12.6 Å². The van der Waals surface area contributed by atoms with Crippen LogP contribution < -0.4 is 4.72 Å². The summed E-state index contributed by atoms with van der Waals surface area (Å²) in [4.78, 5) is 7.33. The van der Waals surface area contributed by atoms with Crippen LogP contribution in [0.2, 0.25) is 0 Å². The van der Waals surface area contributed by atoms with Crippen LogP contribution in [0.5, 0.6) is 0 Å². The first-order valence-electron chi connectivity index (χ1n) is 5.84. The fraction of sp³-hybridized carbons (Fsp3) is 0.273. The van der Waals surface area contributed by atoms with Crippen LogP contribution in [0.25, 0.3) is 11.0 Å². The summed E-state index contributed by atoms with van der Waals surface area (Å²) in [6.07, 6.45) is 0.602. The molecule has 2 aromatic rings. The van der Waals surface area contributed by atoms with Gasteiger partial charge in [0.15, 0.2) is 9.48 Å². The number of H-pyrrole nitrogens is 1. The van der Waals surface area contributed by atoms with E-state index in [-0.39, 0.29) is 40.5 Å². The number of imidazole rings is 1. The third-order valence-electron chi connectivity index (χ3n) is 2.21. The molecule has 110 valence electrons. The first-order valence-corrected chi connectivity index (χ1v) is 8.47. The Labute approximate surface area is 155 Å². The normalized spacial score (nSPS) is 11.1. The van der Waals surface area contributed by atoms with Gasteiger partial charge in [0.05, 0.1) is 17.6 Å². The molecule has 0 radical (unpaired) electrons. The molecule has 0 unspecified atom stereocenters. The van der Waals surface area contributed by atoms with Gasteiger partial charge in [-0.15, -0.1) is 0 Å². The van der Waals surface area contributed by atoms with Gasteiger partial charge in [0.1, 0.15) is 0 Å². The van der Waals surface area contributed by atoms with E-state index in [0.717, 1.165) is 22.8 Å². The van der Waals surface area contributed by atoms with E-state index >= 15 is 0 Å². The minimum absolute atomic E-state index is 0. The Kier molecular flexibility index (Phi) is 7.62. The fourth-order valence-corrected chi connectivity index (χ4v) is 3.56. The van der Waals surface area contributed by atoms with E-state index in [9.17, 15) is 8.42 Å². The molecule has 2 N–H and O–H groups in total. The van der Waals surface area contributed by atoms with Gasteiger partial charge in [-0.1, -0.05) is 31.3 Å². The zero-order valence-corrected chi connectivity index (χ0v) is 13.1. The summed E-state index contributed by atoms with van der Waals surface area (Å²) in [5, 5.41) is 0.523. The van der Waals surface area contributed by atoms with Gasteiger partial charge in [-0.25, -0.2) is 9.71 Å². The Morgan fingerprint density at radius 2 is 2.19 bits per heavy atom. The predicted molar refractivity (Wildman–Crippen MR) is 90.0 cm³/mol. The first kappa shape index (κ1) is 18.9. The molecule has 6 nitrogen and oxygen atoms in total. The Morgan fingerprint density at radius 3 is 2.86 bits per heavy atom. The van der Waals surface area contributed by atoms with Crippen molar-refractivity contribution in [3.63, 3.8) is 0 Å². The van der Waals surface area contributed by atoms with Crippen molar-refractivity contribution >= 4 is 79.2 Å². The molecule has 0 saturated heterocycles. The third kappa shape index (κ3) is 5.85. The molecule has 1 aromatic carbocycles. The van der Waals surface area contributed by atoms with E-state index in [2.05, 4.69) is 18.9 Å². The average molecular weight is 355 g/mol. The van der Waals surface area contributed by atoms with Crippen molar-refractivity contribution in [2.75, 3.05) is 6.61 Å². The van der Waals surface area contributed by atoms with Crippen LogP contribution in [0.15, 0.2) is 29.4 Å². The van der Waals surface area contributed by atoms with E-state index in [1.807, 2.05) is 31.2 Å². The number of nitrogens with one attached hydrogen (secondary N) is 2. The van der Waals surface area contributed by atoms with Crippen molar-refractivity contribution in [3.05, 3.63) is 24.3 Å². The summed E-state index contributed by atoms with van der Waals surface area (Å²) in [6, 6.07) is 7.49. The second-order valence-electron chi connectivity index (χ2n) is 3.83. The van der Waals surface area contributed by atoms with E-state index < -0.39 is 10.3 Å². The number of benzene rings is 1. The van der Waals surface area contributed by atoms with Crippen molar-refractivity contribution in [2.24, 2.45) is 0 Å². The molecule has 0 fully saturated rings. The summed E-state index contributed by atoms with van der Waals surface area (Å²) in [5.41, 5.74) is 1.66. The number of thiocarbonyl (C=S) groups is 1. The molecule has 0 aliphatic rings. The van der Waals surface area contributed by atoms with Crippen LogP contribution in [0.1, 0.15) is 13.3 Å². The van der Waals surface area contributed by atoms with Gasteiger partial charge in [-0.3, -0.25) is 4.18 Å². The van der Waals surface area contributed by atoms with Crippen LogP contribution in [0, 0.1) is 0 Å². The summed E-state index contributed by atoms with van der Waals surface area (Å²) >= 11 is 6.00. The van der Waals surface area contributed by atoms with E-state index in [4.69, 9.17) is 12.2 Å². The maximum atomic E-state index is 11.5. The standard InChI is InChI=1S/C11H13N3O3S3.Na.H/c1-2-7-17-20(15,16)14-11(18)19-10-12-8-5-3-4-6-9(8)13-10;;/h3-6H,2,7H2,1H3,(H,12,13)(H,14,18);;. The van der Waals surface area contributed by atoms with Crippen molar-refractivity contribution in [3.8, 4) is 0 Å². The summed E-state index contributed by atoms with van der Waals surface area (Å²) < 4.78 is 29.9. The Morgan fingerprint density at radius 1 is 1.48 bits per heavy atom. The number of hydrogen-bond acceptors (Lipinski definition) is 6. The SMILES string of the molecule is CCCOS(=O)(=O)NC(=S)Sc1nc2ccccc2[nH]1.[NaH]. The number of nitrogens with zero attached hydrogens (tertiary/aromatic N) is 1. The topological polar surface area (TPSA) is 84.1 Å². The van der Waals surface area contributed by atoms with Crippen molar-refractivity contribution in [2.45, 2.75) is 18.5 Å². The predicted octanol–water partition coefficient (Wildman–Crippen LogP) is 1.55. The molecular formula is C11H14N3NaO3S3. The molecule has 0 aliphatic heterocycles. The number of aromatic nitrogens is 2. The molecule has 0 spiro atoms. The van der Waals surface area contributed by atoms with Crippen LogP contribution in [-0.4, -0.2) is 58.9 Å². The minimum atomic E-state index is -3.85. The fourth-order valence-electron chi connectivity index (χ4n) is 1.41. The number of fused-ring (bicyclic) bond motifs is 1. The quantitative estimate of drug-likeness (QED) is 0.481. The van der Waals surface area contributed by atoms with Crippen LogP contribution in [-0.2, 0) is 14.5 Å². The number of para-hydroxylation sites is 2. The van der Waals surface area contributed by atoms with Crippen LogP contribution in [0.4, 0.5) is 0 Å². The molecule has 1 heterocycles. The van der Waals surface area contributed by atoms with Crippen molar-refractivity contribution in [1.82, 2.24) is 14.7 Å². The van der Waals surface area contributed by atoms with E-state index in [0.29, 0.717) is 11.6 Å². The van der Waals surface area contributed by atoms with E-state index in [1.165, 1.54) is 0 Å². The zero-order valence-electron chi connectivity index (χ0n) is 10.6. The van der Waals surface area contributed by atoms with Gasteiger partial charge in [0.25, 0.3) is 0 Å². The van der Waals surface area contributed by atoms with Crippen LogP contribution >= 0.6 is 24.0 Å². The van der Waals surface area contributed by atoms with Gasteiger partial charge in [0.2, 0.25) is 0 Å². The Hall–Kier alpha value is -0.160. The molecular weight excluding hydrogens is 341 g/mol. The van der Waals surface area contributed by atoms with Crippen molar-refractivity contribution in [1.29, 1.82) is 0 Å². The monoisotopic (exact) mass is 355 g/mol. The van der Waals surface area contributed by atoms with Gasteiger partial charge in [-0.05, 0) is 30.3 Å². The summed E-state index contributed by atoms with van der Waals surface area (Å²) in [5.74, 6) is 0. The second kappa shape index (κ2) is 8.47. The number of thioether (sulfide) groups is 1. The van der Waals surface area contributed by atoms with Gasteiger partial charge in [-0.2, -0.15) is 8.42 Å². The average Bonchev–Trinajstić information content (AvgIpc) is 2.77. The zero-order chi connectivity index (χ0) is 14.6. The number of hydrogen-bond donors (Lipinski definition) is 2. The maximum absolute atomic E-state index is 11.5. The molecule has 10 heteroatoms. The molecule has 0 saturated carbocycles. The molecule has 0 aliphatic carbocycles. The van der Waals surface area contributed by atoms with Gasteiger partial charge < -0.3 is 4.98 Å². The molecule has 21 heavy (non-hydrogen) atoms. The number of rotatable bonds is 5. The molecule has 0 atom stereocenters. The molecule has 1 aromatic heterocycles. The molecule has 2 rings (SSSR count). The second-order valence-corrected chi connectivity index (χ2v) is 6.84. The Bertz CT molecular complexity index is 685. The Balaban J connectivity index is 0.00000220. The summed E-state index contributed by atoms with van der Waals surface area (Å²) in [6.45, 7) is 1.93. The summed E-state index contributed by atoms with van der Waals surface area (Å²) in [7, 11) is -3.85. The molecule has 0 amide bonds. The van der Waals surface area contributed by atoms with Gasteiger partial charge in [0, 0.05) is 0 Å². The number of aromatic amines is 1.